The predicted molar refractivity (Wildman–Crippen MR) is 122 cm³/mol. The van der Waals surface area contributed by atoms with Crippen molar-refractivity contribution in [2.24, 2.45) is 0 Å². The molecule has 3 aromatic rings. The first-order valence-corrected chi connectivity index (χ1v) is 15.3. The highest BCUT2D eigenvalue weighted by molar-refractivity contribution is 7.70. The molecule has 0 aliphatic heterocycles. The molecule has 0 saturated carbocycles. The molecule has 35 heavy (non-hydrogen) atoms. The quantitative estimate of drug-likeness (QED) is 0.228. The Balaban J connectivity index is 2.00. The molecule has 2 atom stereocenters. The van der Waals surface area contributed by atoms with E-state index < -0.39 is 31.3 Å². The second kappa shape index (κ2) is 11.2. The predicted octanol–water partition coefficient (Wildman–Crippen LogP) is 5.68. The van der Waals surface area contributed by atoms with E-state index in [4.69, 9.17) is 27.7 Å². The van der Waals surface area contributed by atoms with E-state index in [1.54, 1.807) is 18.2 Å². The molecule has 2 unspecified atom stereocenters. The Bertz CT molecular complexity index is 1250. The Morgan fingerprint density at radius 3 is 1.14 bits per heavy atom. The van der Waals surface area contributed by atoms with E-state index in [-0.39, 0.29) is 17.2 Å². The summed E-state index contributed by atoms with van der Waals surface area (Å²) in [6.45, 7) is 0. The molecule has 0 aliphatic carbocycles. The van der Waals surface area contributed by atoms with Gasteiger partial charge in [-0.1, -0.05) is 54.6 Å². The average molecular weight is 566 g/mol. The van der Waals surface area contributed by atoms with Crippen LogP contribution in [0.15, 0.2) is 91.0 Å². The Morgan fingerprint density at radius 2 is 0.800 bits per heavy atom. The number of benzene rings is 3. The first kappa shape index (κ1) is 27.3. The summed E-state index contributed by atoms with van der Waals surface area (Å²) in [4.78, 5) is 27.5. The van der Waals surface area contributed by atoms with E-state index in [9.17, 15) is 23.2 Å². The molecule has 0 amide bonds. The van der Waals surface area contributed by atoms with E-state index in [1.165, 1.54) is 72.8 Å². The van der Waals surface area contributed by atoms with Crippen LogP contribution in [0.2, 0.25) is 0 Å². The summed E-state index contributed by atoms with van der Waals surface area (Å²) in [6, 6.07) is 21.5. The highest BCUT2D eigenvalue weighted by atomic mass is 31.3. The number of hydrogen-bond acceptors (Lipinski definition) is 10. The van der Waals surface area contributed by atoms with E-state index in [0.29, 0.717) is 0 Å². The average Bonchev–Trinajstić information content (AvgIpc) is 2.72. The summed E-state index contributed by atoms with van der Waals surface area (Å²) in [7, 11) is -22.0. The molecular formula is C18H18O13P4. The maximum atomic E-state index is 13.6. The van der Waals surface area contributed by atoms with E-state index in [2.05, 4.69) is 8.62 Å². The van der Waals surface area contributed by atoms with Gasteiger partial charge in [-0.05, 0) is 36.4 Å². The van der Waals surface area contributed by atoms with E-state index in [1.807, 2.05) is 0 Å². The molecule has 0 spiro atoms. The second-order valence-electron chi connectivity index (χ2n) is 6.31. The number of phosphoric ester groups is 1. The SMILES string of the molecule is O=P(O)(O)OP(=O)(O)OP(=O)(Oc1ccccc1)OP(=O)(Oc1ccccc1)Oc1ccccc1. The lowest BCUT2D eigenvalue weighted by atomic mass is 10.3. The topological polar surface area (TPSA) is 184 Å². The highest BCUT2D eigenvalue weighted by Gasteiger charge is 2.51. The highest BCUT2D eigenvalue weighted by Crippen LogP contribution is 2.73. The molecule has 188 valence electrons. The molecule has 0 radical (unpaired) electrons. The van der Waals surface area contributed by atoms with Crippen molar-refractivity contribution < 1.29 is 59.4 Å². The van der Waals surface area contributed by atoms with Crippen molar-refractivity contribution in [2.75, 3.05) is 0 Å². The molecular weight excluding hydrogens is 548 g/mol. The molecule has 0 fully saturated rings. The number of para-hydroxylation sites is 3. The molecule has 0 heterocycles. The lowest BCUT2D eigenvalue weighted by Crippen LogP contribution is -2.08. The standard InChI is InChI=1S/C18H18O13P4/c19-32(20,21)29-33(22,23)30-35(25,28-18-14-8-3-9-15-18)31-34(24,26-16-10-4-1-5-11-16)27-17-12-6-2-7-13-17/h1-15H,(H,22,23)(H2,19,20,21). The summed E-state index contributed by atoms with van der Waals surface area (Å²) < 4.78 is 78.7. The number of rotatable bonds is 12. The van der Waals surface area contributed by atoms with Gasteiger partial charge in [-0.25, -0.2) is 18.3 Å². The summed E-state index contributed by atoms with van der Waals surface area (Å²) in [5.74, 6) is -0.439. The van der Waals surface area contributed by atoms with Gasteiger partial charge in [-0.3, -0.25) is 0 Å². The van der Waals surface area contributed by atoms with Crippen molar-refractivity contribution in [2.45, 2.75) is 0 Å². The monoisotopic (exact) mass is 566 g/mol. The minimum Gasteiger partial charge on any atom is -0.403 e. The lowest BCUT2D eigenvalue weighted by molar-refractivity contribution is 0.199. The van der Waals surface area contributed by atoms with Crippen LogP contribution in [0.3, 0.4) is 0 Å². The van der Waals surface area contributed by atoms with Gasteiger partial charge in [0.25, 0.3) is 0 Å². The van der Waals surface area contributed by atoms with Crippen LogP contribution in [-0.2, 0) is 31.2 Å². The largest absolute Gasteiger partial charge is 0.597 e. The summed E-state index contributed by atoms with van der Waals surface area (Å²) in [5, 5.41) is 0. The molecule has 0 aliphatic rings. The third-order valence-corrected chi connectivity index (χ3v) is 9.70. The molecule has 3 N–H and O–H groups in total. The minimum absolute atomic E-state index is 0.0864. The second-order valence-corrected chi connectivity index (χ2v) is 12.5. The molecule has 0 aromatic heterocycles. The van der Waals surface area contributed by atoms with Gasteiger partial charge in [0, 0.05) is 0 Å². The van der Waals surface area contributed by atoms with Crippen molar-refractivity contribution in [3.63, 3.8) is 0 Å². The third-order valence-electron chi connectivity index (χ3n) is 3.49. The Hall–Kier alpha value is -2.26. The Morgan fingerprint density at radius 1 is 0.457 bits per heavy atom. The van der Waals surface area contributed by atoms with Crippen LogP contribution in [0.1, 0.15) is 0 Å². The van der Waals surface area contributed by atoms with Crippen LogP contribution in [-0.4, -0.2) is 14.7 Å². The summed E-state index contributed by atoms with van der Waals surface area (Å²) in [5.41, 5.74) is 0. The van der Waals surface area contributed by atoms with Crippen molar-refractivity contribution in [1.82, 2.24) is 0 Å². The van der Waals surface area contributed by atoms with Crippen LogP contribution in [0, 0.1) is 0 Å². The van der Waals surface area contributed by atoms with Gasteiger partial charge in [-0.2, -0.15) is 12.9 Å². The van der Waals surface area contributed by atoms with Crippen molar-refractivity contribution in [1.29, 1.82) is 0 Å². The summed E-state index contributed by atoms with van der Waals surface area (Å²) in [6.07, 6.45) is 0. The first-order valence-electron chi connectivity index (χ1n) is 9.32. The van der Waals surface area contributed by atoms with Gasteiger partial charge < -0.3 is 28.3 Å². The van der Waals surface area contributed by atoms with Crippen LogP contribution in [0.25, 0.3) is 0 Å². The van der Waals surface area contributed by atoms with Gasteiger partial charge in [-0.15, -0.1) is 0 Å². The van der Waals surface area contributed by atoms with Crippen LogP contribution < -0.4 is 13.6 Å². The fourth-order valence-electron chi connectivity index (χ4n) is 2.33. The molecule has 17 heteroatoms. The minimum atomic E-state index is -5.83. The molecule has 0 bridgehead atoms. The zero-order chi connectivity index (χ0) is 25.6. The third kappa shape index (κ3) is 9.37. The van der Waals surface area contributed by atoms with E-state index >= 15 is 0 Å². The zero-order valence-corrected chi connectivity index (χ0v) is 21.0. The van der Waals surface area contributed by atoms with Crippen molar-refractivity contribution in [3.8, 4) is 17.2 Å². The van der Waals surface area contributed by atoms with Crippen LogP contribution in [0.4, 0.5) is 0 Å². The fraction of sp³-hybridized carbons (Fsp3) is 0. The van der Waals surface area contributed by atoms with Gasteiger partial charge in [0.15, 0.2) is 0 Å². The van der Waals surface area contributed by atoms with Crippen molar-refractivity contribution in [3.05, 3.63) is 91.0 Å². The molecule has 0 saturated heterocycles. The normalized spacial score (nSPS) is 15.4. The van der Waals surface area contributed by atoms with Gasteiger partial charge >= 0.3 is 31.3 Å². The van der Waals surface area contributed by atoms with Crippen LogP contribution in [0.5, 0.6) is 17.2 Å². The fourth-order valence-corrected chi connectivity index (χ4v) is 7.88. The first-order chi connectivity index (χ1) is 16.4. The number of phosphoric acid groups is 4. The molecule has 3 aromatic carbocycles. The van der Waals surface area contributed by atoms with Gasteiger partial charge in [0.2, 0.25) is 0 Å². The van der Waals surface area contributed by atoms with Gasteiger partial charge in [0.1, 0.15) is 17.2 Å². The maximum absolute atomic E-state index is 13.6. The Kier molecular flexibility index (Phi) is 8.75. The molecule has 3 rings (SSSR count). The smallest absolute Gasteiger partial charge is 0.403 e. The van der Waals surface area contributed by atoms with Crippen LogP contribution >= 0.6 is 31.3 Å². The van der Waals surface area contributed by atoms with Gasteiger partial charge in [0.05, 0.1) is 0 Å². The number of hydrogen-bond donors (Lipinski definition) is 3. The maximum Gasteiger partial charge on any atom is 0.597 e. The zero-order valence-electron chi connectivity index (χ0n) is 17.4. The lowest BCUT2D eigenvalue weighted by Gasteiger charge is -2.24. The Labute approximate surface area is 199 Å². The van der Waals surface area contributed by atoms with Crippen molar-refractivity contribution >= 4 is 31.3 Å². The van der Waals surface area contributed by atoms with E-state index in [0.717, 1.165) is 0 Å². The summed E-state index contributed by atoms with van der Waals surface area (Å²) >= 11 is 0. The molecule has 13 nitrogen and oxygen atoms in total.